The zero-order valence-corrected chi connectivity index (χ0v) is 16.9. The second kappa shape index (κ2) is 8.74. The van der Waals surface area contributed by atoms with Crippen molar-refractivity contribution in [3.63, 3.8) is 0 Å². The molecule has 28 heavy (non-hydrogen) atoms. The van der Waals surface area contributed by atoms with Crippen molar-refractivity contribution in [2.45, 2.75) is 30.4 Å². The third kappa shape index (κ3) is 4.20. The molecule has 1 aliphatic heterocycles. The Bertz CT molecular complexity index is 991. The fourth-order valence-corrected chi connectivity index (χ4v) is 5.00. The minimum Gasteiger partial charge on any atom is -0.383 e. The maximum atomic E-state index is 9.61. The van der Waals surface area contributed by atoms with Crippen molar-refractivity contribution in [1.82, 2.24) is 9.97 Å². The Morgan fingerprint density at radius 1 is 1.25 bits per heavy atom. The Labute approximate surface area is 172 Å². The highest BCUT2D eigenvalue weighted by atomic mass is 32.2. The summed E-state index contributed by atoms with van der Waals surface area (Å²) >= 11 is 3.05. The van der Waals surface area contributed by atoms with Gasteiger partial charge in [-0.3, -0.25) is 0 Å². The van der Waals surface area contributed by atoms with Gasteiger partial charge in [0.05, 0.1) is 22.9 Å². The van der Waals surface area contributed by atoms with Crippen molar-refractivity contribution in [2.75, 3.05) is 18.1 Å². The molecule has 3 heterocycles. The first kappa shape index (κ1) is 18.9. The predicted molar refractivity (Wildman–Crippen MR) is 114 cm³/mol. The standard InChI is InChI=1S/C21H20N4OS2/c22-11-15-10-17(21-24-18(13-28-21)14-6-2-1-3-7-14)19(23)25-20(15)27-12-16-8-4-5-9-26-16/h1-3,6-7,10,13,16H,4-5,8-9,12H2,(H2,23,25)/t16-/m0/s1. The summed E-state index contributed by atoms with van der Waals surface area (Å²) in [4.78, 5) is 9.21. The van der Waals surface area contributed by atoms with Gasteiger partial charge in [0.2, 0.25) is 0 Å². The predicted octanol–water partition coefficient (Wildman–Crippen LogP) is 4.99. The summed E-state index contributed by atoms with van der Waals surface area (Å²) < 4.78 is 5.77. The Hall–Kier alpha value is -2.40. The molecule has 142 valence electrons. The molecule has 0 radical (unpaired) electrons. The van der Waals surface area contributed by atoms with Crippen LogP contribution in [-0.4, -0.2) is 28.4 Å². The van der Waals surface area contributed by atoms with Crippen molar-refractivity contribution in [2.24, 2.45) is 0 Å². The lowest BCUT2D eigenvalue weighted by Crippen LogP contribution is -2.21. The van der Waals surface area contributed by atoms with Crippen LogP contribution < -0.4 is 5.73 Å². The minimum absolute atomic E-state index is 0.223. The third-order valence-electron chi connectivity index (χ3n) is 4.62. The Morgan fingerprint density at radius 3 is 2.86 bits per heavy atom. The average molecular weight is 409 g/mol. The molecule has 1 aliphatic rings. The van der Waals surface area contributed by atoms with E-state index >= 15 is 0 Å². The Morgan fingerprint density at radius 2 is 2.11 bits per heavy atom. The van der Waals surface area contributed by atoms with Crippen molar-refractivity contribution in [3.8, 4) is 27.9 Å². The van der Waals surface area contributed by atoms with Crippen LogP contribution in [0.1, 0.15) is 24.8 Å². The molecule has 2 aromatic heterocycles. The van der Waals surface area contributed by atoms with Crippen LogP contribution in [0.4, 0.5) is 5.82 Å². The van der Waals surface area contributed by atoms with Crippen molar-refractivity contribution in [3.05, 3.63) is 47.3 Å². The van der Waals surface area contributed by atoms with Gasteiger partial charge < -0.3 is 10.5 Å². The second-order valence-electron chi connectivity index (χ2n) is 6.59. The number of ether oxygens (including phenoxy) is 1. The van der Waals surface area contributed by atoms with E-state index in [1.54, 1.807) is 17.8 Å². The van der Waals surface area contributed by atoms with E-state index in [1.165, 1.54) is 17.8 Å². The van der Waals surface area contributed by atoms with Gasteiger partial charge in [0.1, 0.15) is 21.9 Å². The van der Waals surface area contributed by atoms with Crippen LogP contribution >= 0.6 is 23.1 Å². The lowest BCUT2D eigenvalue weighted by atomic mass is 10.1. The van der Waals surface area contributed by atoms with Crippen LogP contribution in [0.15, 0.2) is 46.8 Å². The smallest absolute Gasteiger partial charge is 0.135 e. The number of benzene rings is 1. The number of aromatic nitrogens is 2. The number of hydrogen-bond acceptors (Lipinski definition) is 7. The molecule has 1 atom stereocenters. The zero-order chi connectivity index (χ0) is 19.3. The van der Waals surface area contributed by atoms with E-state index in [2.05, 4.69) is 11.1 Å². The lowest BCUT2D eigenvalue weighted by molar-refractivity contribution is 0.0315. The fraction of sp³-hybridized carbons (Fsp3) is 0.286. The number of nitriles is 1. The molecule has 0 spiro atoms. The number of thioether (sulfide) groups is 1. The van der Waals surface area contributed by atoms with Gasteiger partial charge >= 0.3 is 0 Å². The molecule has 1 saturated heterocycles. The molecule has 0 bridgehead atoms. The number of rotatable bonds is 5. The van der Waals surface area contributed by atoms with Gasteiger partial charge in [-0.25, -0.2) is 9.97 Å². The third-order valence-corrected chi connectivity index (χ3v) is 6.62. The molecule has 3 aromatic rings. The van der Waals surface area contributed by atoms with E-state index in [0.717, 1.165) is 41.5 Å². The van der Waals surface area contributed by atoms with Gasteiger partial charge in [0.15, 0.2) is 0 Å². The quantitative estimate of drug-likeness (QED) is 0.599. The molecule has 0 aliphatic carbocycles. The van der Waals surface area contributed by atoms with Gasteiger partial charge in [0, 0.05) is 23.3 Å². The molecular weight excluding hydrogens is 388 g/mol. The van der Waals surface area contributed by atoms with E-state index in [0.29, 0.717) is 22.0 Å². The maximum absolute atomic E-state index is 9.61. The SMILES string of the molecule is N#Cc1cc(-c2nc(-c3ccccc3)cs2)c(N)nc1SC[C@@H]1CCCCO1. The van der Waals surface area contributed by atoms with Crippen LogP contribution in [0.5, 0.6) is 0 Å². The average Bonchev–Trinajstić information content (AvgIpc) is 3.23. The van der Waals surface area contributed by atoms with Gasteiger partial charge in [-0.1, -0.05) is 30.3 Å². The number of nitrogens with zero attached hydrogens (tertiary/aromatic N) is 3. The van der Waals surface area contributed by atoms with Crippen molar-refractivity contribution in [1.29, 1.82) is 5.26 Å². The fourth-order valence-electron chi connectivity index (χ4n) is 3.12. The minimum atomic E-state index is 0.223. The number of anilines is 1. The number of pyridine rings is 1. The second-order valence-corrected chi connectivity index (χ2v) is 8.46. The molecule has 0 saturated carbocycles. The number of nitrogens with two attached hydrogens (primary N) is 1. The summed E-state index contributed by atoms with van der Waals surface area (Å²) in [5.74, 6) is 1.19. The molecule has 2 N–H and O–H groups in total. The summed E-state index contributed by atoms with van der Waals surface area (Å²) in [6.45, 7) is 0.818. The van der Waals surface area contributed by atoms with Gasteiger partial charge in [0.25, 0.3) is 0 Å². The summed E-state index contributed by atoms with van der Waals surface area (Å²) in [5.41, 5.74) is 9.42. The number of thiazole rings is 1. The van der Waals surface area contributed by atoms with Gasteiger partial charge in [-0.2, -0.15) is 5.26 Å². The number of nitrogen functional groups attached to an aromatic ring is 1. The maximum Gasteiger partial charge on any atom is 0.135 e. The van der Waals surface area contributed by atoms with Crippen LogP contribution in [0, 0.1) is 11.3 Å². The van der Waals surface area contributed by atoms with Crippen LogP contribution in [0.2, 0.25) is 0 Å². The monoisotopic (exact) mass is 408 g/mol. The molecule has 4 rings (SSSR count). The molecule has 1 fully saturated rings. The van der Waals surface area contributed by atoms with E-state index in [4.69, 9.17) is 15.5 Å². The summed E-state index contributed by atoms with van der Waals surface area (Å²) in [5, 5.41) is 13.0. The highest BCUT2D eigenvalue weighted by molar-refractivity contribution is 7.99. The zero-order valence-electron chi connectivity index (χ0n) is 15.3. The number of hydrogen-bond donors (Lipinski definition) is 1. The molecule has 0 unspecified atom stereocenters. The molecule has 5 nitrogen and oxygen atoms in total. The molecule has 0 amide bonds. The lowest BCUT2D eigenvalue weighted by Gasteiger charge is -2.22. The first-order valence-electron chi connectivity index (χ1n) is 9.21. The molecular formula is C21H20N4OS2. The van der Waals surface area contributed by atoms with Crippen LogP contribution in [-0.2, 0) is 4.74 Å². The molecule has 7 heteroatoms. The highest BCUT2D eigenvalue weighted by Gasteiger charge is 2.18. The van der Waals surface area contributed by atoms with Gasteiger partial charge in [-0.15, -0.1) is 23.1 Å². The largest absolute Gasteiger partial charge is 0.383 e. The summed E-state index contributed by atoms with van der Waals surface area (Å²) in [6, 6.07) is 14.1. The van der Waals surface area contributed by atoms with E-state index in [-0.39, 0.29) is 6.10 Å². The summed E-state index contributed by atoms with van der Waals surface area (Å²) in [7, 11) is 0. The van der Waals surface area contributed by atoms with Crippen LogP contribution in [0.3, 0.4) is 0 Å². The topological polar surface area (TPSA) is 84.8 Å². The van der Waals surface area contributed by atoms with Crippen LogP contribution in [0.25, 0.3) is 21.8 Å². The first-order valence-corrected chi connectivity index (χ1v) is 11.1. The first-order chi connectivity index (χ1) is 13.7. The van der Waals surface area contributed by atoms with Gasteiger partial charge in [-0.05, 0) is 25.3 Å². The van der Waals surface area contributed by atoms with E-state index in [9.17, 15) is 5.26 Å². The Balaban J connectivity index is 1.57. The van der Waals surface area contributed by atoms with Crippen molar-refractivity contribution >= 4 is 28.9 Å². The van der Waals surface area contributed by atoms with E-state index in [1.807, 2.05) is 35.7 Å². The van der Waals surface area contributed by atoms with Crippen molar-refractivity contribution < 1.29 is 4.74 Å². The molecule has 1 aromatic carbocycles. The Kier molecular flexibility index (Phi) is 5.91. The van der Waals surface area contributed by atoms with E-state index < -0.39 is 0 Å². The summed E-state index contributed by atoms with van der Waals surface area (Å²) in [6.07, 6.45) is 3.60. The normalized spacial score (nSPS) is 16.6. The highest BCUT2D eigenvalue weighted by Crippen LogP contribution is 2.35.